The first kappa shape index (κ1) is 13.1. The molecule has 1 atom stereocenters. The molecule has 2 rings (SSSR count). The zero-order valence-corrected chi connectivity index (χ0v) is 10.9. The van der Waals surface area contributed by atoms with Gasteiger partial charge in [0.05, 0.1) is 13.7 Å². The summed E-state index contributed by atoms with van der Waals surface area (Å²) in [7, 11) is 1.35. The van der Waals surface area contributed by atoms with Crippen molar-refractivity contribution in [1.82, 2.24) is 4.90 Å². The molecule has 1 saturated heterocycles. The number of methoxy groups -OCH3 is 1. The number of likely N-dealkylation sites (tertiary alicyclic amines) is 1. The Morgan fingerprint density at radius 3 is 3.11 bits per heavy atom. The van der Waals surface area contributed by atoms with Gasteiger partial charge in [-0.25, -0.2) is 4.79 Å². The zero-order chi connectivity index (χ0) is 13.1. The minimum atomic E-state index is -0.422. The van der Waals surface area contributed by atoms with Crippen molar-refractivity contribution < 1.29 is 13.9 Å². The quantitative estimate of drug-likeness (QED) is 0.821. The number of aryl methyl sites for hydroxylation is 1. The molecule has 5 nitrogen and oxygen atoms in total. The number of hydrogen-bond acceptors (Lipinski definition) is 5. The van der Waals surface area contributed by atoms with E-state index in [2.05, 4.69) is 9.64 Å². The molecular formula is C13H20N2O3. The van der Waals surface area contributed by atoms with Gasteiger partial charge in [-0.3, -0.25) is 4.90 Å². The van der Waals surface area contributed by atoms with Crippen molar-refractivity contribution in [3.05, 3.63) is 23.2 Å². The number of nitrogens with zero attached hydrogens (tertiary/aromatic N) is 1. The van der Waals surface area contributed by atoms with E-state index in [0.717, 1.165) is 37.3 Å². The summed E-state index contributed by atoms with van der Waals surface area (Å²) in [4.78, 5) is 13.7. The molecule has 5 heteroatoms. The van der Waals surface area contributed by atoms with Gasteiger partial charge in [0.25, 0.3) is 0 Å². The summed E-state index contributed by atoms with van der Waals surface area (Å²) in [6, 6.07) is 2.14. The summed E-state index contributed by atoms with van der Waals surface area (Å²) in [6.45, 7) is 4.46. The number of hydrogen-bond donors (Lipinski definition) is 1. The largest absolute Gasteiger partial charge is 0.463 e. The van der Waals surface area contributed by atoms with E-state index in [1.807, 2.05) is 13.0 Å². The molecule has 1 aliphatic heterocycles. The van der Waals surface area contributed by atoms with Gasteiger partial charge in [0.1, 0.15) is 5.76 Å². The van der Waals surface area contributed by atoms with Crippen LogP contribution in [0.1, 0.15) is 34.7 Å². The molecule has 0 saturated carbocycles. The lowest BCUT2D eigenvalue weighted by atomic mass is 10.1. The second-order valence-electron chi connectivity index (χ2n) is 4.85. The molecule has 18 heavy (non-hydrogen) atoms. The Kier molecular flexibility index (Phi) is 4.04. The van der Waals surface area contributed by atoms with E-state index in [1.54, 1.807) is 0 Å². The average molecular weight is 252 g/mol. The Bertz CT molecular complexity index is 428. The van der Waals surface area contributed by atoms with Crippen molar-refractivity contribution in [3.8, 4) is 0 Å². The van der Waals surface area contributed by atoms with Crippen LogP contribution in [-0.2, 0) is 11.3 Å². The van der Waals surface area contributed by atoms with Crippen molar-refractivity contribution in [1.29, 1.82) is 0 Å². The van der Waals surface area contributed by atoms with Crippen LogP contribution in [-0.4, -0.2) is 37.1 Å². The maximum atomic E-state index is 11.4. The van der Waals surface area contributed by atoms with Crippen molar-refractivity contribution >= 4 is 5.97 Å². The monoisotopic (exact) mass is 252 g/mol. The molecule has 0 unspecified atom stereocenters. The number of carbonyl (C=O) groups excluding carboxylic acids is 1. The van der Waals surface area contributed by atoms with Crippen molar-refractivity contribution in [2.45, 2.75) is 32.4 Å². The summed E-state index contributed by atoms with van der Waals surface area (Å²) < 4.78 is 10.2. The third kappa shape index (κ3) is 2.91. The lowest BCUT2D eigenvalue weighted by molar-refractivity contribution is 0.0559. The lowest BCUT2D eigenvalue weighted by Gasteiger charge is -2.29. The molecule has 1 aliphatic rings. The number of rotatable bonds is 3. The Morgan fingerprint density at radius 1 is 1.67 bits per heavy atom. The standard InChI is InChI=1S/C13H20N2O3/c1-9-6-11(18-12(9)13(16)17-2)8-15-5-3-4-10(14)7-15/h6,10H,3-5,7-8,14H2,1-2H3/t10-/m1/s1. The molecule has 100 valence electrons. The van der Waals surface area contributed by atoms with Crippen LogP contribution in [0, 0.1) is 6.92 Å². The molecule has 0 amide bonds. The Labute approximate surface area is 107 Å². The van der Waals surface area contributed by atoms with Gasteiger partial charge in [0.2, 0.25) is 5.76 Å². The fourth-order valence-corrected chi connectivity index (χ4v) is 2.38. The van der Waals surface area contributed by atoms with E-state index < -0.39 is 5.97 Å². The third-order valence-electron chi connectivity index (χ3n) is 3.26. The van der Waals surface area contributed by atoms with E-state index in [1.165, 1.54) is 7.11 Å². The minimum Gasteiger partial charge on any atom is -0.463 e. The molecule has 0 bridgehead atoms. The molecule has 0 aliphatic carbocycles. The number of piperidine rings is 1. The molecule has 0 aromatic carbocycles. The highest BCUT2D eigenvalue weighted by Crippen LogP contribution is 2.19. The van der Waals surface area contributed by atoms with E-state index in [0.29, 0.717) is 12.3 Å². The van der Waals surface area contributed by atoms with Crippen LogP contribution in [0.15, 0.2) is 10.5 Å². The van der Waals surface area contributed by atoms with Gasteiger partial charge >= 0.3 is 5.97 Å². The van der Waals surface area contributed by atoms with Crippen LogP contribution in [0.4, 0.5) is 0 Å². The van der Waals surface area contributed by atoms with Gasteiger partial charge in [-0.15, -0.1) is 0 Å². The van der Waals surface area contributed by atoms with Crippen LogP contribution in [0.2, 0.25) is 0 Å². The maximum Gasteiger partial charge on any atom is 0.374 e. The molecule has 1 aromatic heterocycles. The van der Waals surface area contributed by atoms with Gasteiger partial charge in [-0.05, 0) is 32.4 Å². The first-order chi connectivity index (χ1) is 8.60. The zero-order valence-electron chi connectivity index (χ0n) is 10.9. The summed E-state index contributed by atoms with van der Waals surface area (Å²) in [5.41, 5.74) is 6.75. The first-order valence-corrected chi connectivity index (χ1v) is 6.25. The smallest absolute Gasteiger partial charge is 0.374 e. The van der Waals surface area contributed by atoms with Crippen LogP contribution in [0.5, 0.6) is 0 Å². The van der Waals surface area contributed by atoms with Crippen molar-refractivity contribution in [2.24, 2.45) is 5.73 Å². The third-order valence-corrected chi connectivity index (χ3v) is 3.26. The van der Waals surface area contributed by atoms with Gasteiger partial charge in [0, 0.05) is 18.2 Å². The molecule has 2 heterocycles. The van der Waals surface area contributed by atoms with Gasteiger partial charge in [-0.1, -0.05) is 0 Å². The molecule has 0 radical (unpaired) electrons. The van der Waals surface area contributed by atoms with Crippen LogP contribution in [0.3, 0.4) is 0 Å². The van der Waals surface area contributed by atoms with E-state index in [4.69, 9.17) is 10.2 Å². The normalized spacial score (nSPS) is 20.9. The minimum absolute atomic E-state index is 0.245. The van der Waals surface area contributed by atoms with Crippen LogP contribution >= 0.6 is 0 Å². The number of nitrogens with two attached hydrogens (primary N) is 1. The fourth-order valence-electron chi connectivity index (χ4n) is 2.38. The second kappa shape index (κ2) is 5.54. The van der Waals surface area contributed by atoms with Gasteiger partial charge in [0.15, 0.2) is 0 Å². The van der Waals surface area contributed by atoms with E-state index in [9.17, 15) is 4.79 Å². The predicted octanol–water partition coefficient (Wildman–Crippen LogP) is 1.30. The Balaban J connectivity index is 2.03. The molecule has 2 N–H and O–H groups in total. The Morgan fingerprint density at radius 2 is 2.44 bits per heavy atom. The van der Waals surface area contributed by atoms with Gasteiger partial charge < -0.3 is 14.9 Å². The highest BCUT2D eigenvalue weighted by atomic mass is 16.5. The van der Waals surface area contributed by atoms with E-state index in [-0.39, 0.29) is 6.04 Å². The summed E-state index contributed by atoms with van der Waals surface area (Å²) in [5, 5.41) is 0. The number of esters is 1. The van der Waals surface area contributed by atoms with Crippen LogP contribution < -0.4 is 5.73 Å². The summed E-state index contributed by atoms with van der Waals surface area (Å²) in [6.07, 6.45) is 2.20. The SMILES string of the molecule is COC(=O)c1oc(CN2CCC[C@@H](N)C2)cc1C. The summed E-state index contributed by atoms with van der Waals surface area (Å²) in [5.74, 6) is 0.671. The highest BCUT2D eigenvalue weighted by Gasteiger charge is 2.20. The summed E-state index contributed by atoms with van der Waals surface area (Å²) >= 11 is 0. The molecule has 1 fully saturated rings. The van der Waals surface area contributed by atoms with Crippen molar-refractivity contribution in [2.75, 3.05) is 20.2 Å². The average Bonchev–Trinajstić information content (AvgIpc) is 2.69. The number of carbonyl (C=O) groups is 1. The predicted molar refractivity (Wildman–Crippen MR) is 67.3 cm³/mol. The number of ether oxygens (including phenoxy) is 1. The Hall–Kier alpha value is -1.33. The maximum absolute atomic E-state index is 11.4. The molecule has 0 spiro atoms. The highest BCUT2D eigenvalue weighted by molar-refractivity contribution is 5.87. The lowest BCUT2D eigenvalue weighted by Crippen LogP contribution is -2.42. The van der Waals surface area contributed by atoms with Gasteiger partial charge in [-0.2, -0.15) is 0 Å². The fraction of sp³-hybridized carbons (Fsp3) is 0.615. The van der Waals surface area contributed by atoms with Crippen molar-refractivity contribution in [3.63, 3.8) is 0 Å². The first-order valence-electron chi connectivity index (χ1n) is 6.25. The second-order valence-corrected chi connectivity index (χ2v) is 4.85. The molecular weight excluding hydrogens is 232 g/mol. The molecule has 1 aromatic rings. The van der Waals surface area contributed by atoms with E-state index >= 15 is 0 Å². The number of furan rings is 1. The topological polar surface area (TPSA) is 68.7 Å². The van der Waals surface area contributed by atoms with Crippen LogP contribution in [0.25, 0.3) is 0 Å².